The van der Waals surface area contributed by atoms with E-state index in [2.05, 4.69) is 18.6 Å². The van der Waals surface area contributed by atoms with Crippen molar-refractivity contribution in [2.75, 3.05) is 7.11 Å². The maximum absolute atomic E-state index is 12.1. The van der Waals surface area contributed by atoms with Gasteiger partial charge < -0.3 is 23.7 Å². The van der Waals surface area contributed by atoms with Crippen LogP contribution in [0.2, 0.25) is 0 Å². The Morgan fingerprint density at radius 1 is 0.833 bits per heavy atom. The third-order valence-electron chi connectivity index (χ3n) is 6.53. The number of carbonyl (C=O) groups excluding carboxylic acids is 2. The molecule has 7 heteroatoms. The number of rotatable bonds is 10. The summed E-state index contributed by atoms with van der Waals surface area (Å²) in [5.74, 6) is -1.98. The molecule has 2 aromatic carbocycles. The molecule has 0 unspecified atom stereocenters. The van der Waals surface area contributed by atoms with Gasteiger partial charge in [0.2, 0.25) is 0 Å². The standard InChI is InChI=1S/C29H38O7/c1-6-23-20(2)25(33-18-21-13-9-7-10-14-21)26(34-19-22-15-11-8-12-16-22)24(35-23)17-29(3,4)36-28(31)27(30)32-5/h7-16,20,23-26H,6,17-19H2,1-5H3/t20-,23+,24-,25-,26-/m0/s1. The molecular weight excluding hydrogens is 460 g/mol. The zero-order chi connectivity index (χ0) is 26.1. The highest BCUT2D eigenvalue weighted by Crippen LogP contribution is 2.36. The van der Waals surface area contributed by atoms with Crippen LogP contribution in [0.5, 0.6) is 0 Å². The van der Waals surface area contributed by atoms with Gasteiger partial charge in [-0.1, -0.05) is 74.5 Å². The predicted octanol–water partition coefficient (Wildman–Crippen LogP) is 4.86. The molecule has 1 aliphatic rings. The molecule has 0 radical (unpaired) electrons. The molecule has 5 atom stereocenters. The molecule has 0 aromatic heterocycles. The van der Waals surface area contributed by atoms with Crippen LogP contribution in [0.3, 0.4) is 0 Å². The number of hydrogen-bond donors (Lipinski definition) is 0. The fourth-order valence-electron chi connectivity index (χ4n) is 4.66. The molecule has 0 aliphatic carbocycles. The molecule has 2 aromatic rings. The van der Waals surface area contributed by atoms with Crippen molar-refractivity contribution in [2.24, 2.45) is 5.92 Å². The van der Waals surface area contributed by atoms with E-state index in [9.17, 15) is 9.59 Å². The lowest BCUT2D eigenvalue weighted by Crippen LogP contribution is -2.57. The van der Waals surface area contributed by atoms with Crippen LogP contribution in [0.15, 0.2) is 60.7 Å². The van der Waals surface area contributed by atoms with Gasteiger partial charge >= 0.3 is 11.9 Å². The molecule has 3 rings (SSSR count). The van der Waals surface area contributed by atoms with Crippen molar-refractivity contribution in [3.05, 3.63) is 71.8 Å². The molecule has 7 nitrogen and oxygen atoms in total. The average Bonchev–Trinajstić information content (AvgIpc) is 2.88. The highest BCUT2D eigenvalue weighted by molar-refractivity contribution is 6.29. The maximum atomic E-state index is 12.1. The number of carbonyl (C=O) groups is 2. The molecule has 0 bridgehead atoms. The van der Waals surface area contributed by atoms with Crippen molar-refractivity contribution in [2.45, 2.75) is 83.8 Å². The first kappa shape index (κ1) is 27.8. The molecule has 0 amide bonds. The van der Waals surface area contributed by atoms with Crippen LogP contribution >= 0.6 is 0 Å². The van der Waals surface area contributed by atoms with E-state index < -0.39 is 29.7 Å². The van der Waals surface area contributed by atoms with Crippen LogP contribution in [0.25, 0.3) is 0 Å². The maximum Gasteiger partial charge on any atom is 0.417 e. The third-order valence-corrected chi connectivity index (χ3v) is 6.53. The minimum atomic E-state index is -1.03. The van der Waals surface area contributed by atoms with Crippen molar-refractivity contribution in [1.29, 1.82) is 0 Å². The summed E-state index contributed by atoms with van der Waals surface area (Å²) in [5, 5.41) is 0. The fourth-order valence-corrected chi connectivity index (χ4v) is 4.66. The van der Waals surface area contributed by atoms with Gasteiger partial charge in [0, 0.05) is 12.3 Å². The highest BCUT2D eigenvalue weighted by atomic mass is 16.6. The van der Waals surface area contributed by atoms with E-state index in [0.29, 0.717) is 19.6 Å². The smallest absolute Gasteiger partial charge is 0.417 e. The van der Waals surface area contributed by atoms with E-state index in [-0.39, 0.29) is 18.1 Å². The molecule has 0 saturated carbocycles. The molecule has 0 spiro atoms. The van der Waals surface area contributed by atoms with Crippen LogP contribution < -0.4 is 0 Å². The van der Waals surface area contributed by atoms with Gasteiger partial charge in [-0.05, 0) is 31.4 Å². The summed E-state index contributed by atoms with van der Waals surface area (Å²) >= 11 is 0. The van der Waals surface area contributed by atoms with Crippen LogP contribution in [-0.4, -0.2) is 49.1 Å². The first-order valence-corrected chi connectivity index (χ1v) is 12.5. The predicted molar refractivity (Wildman–Crippen MR) is 135 cm³/mol. The first-order chi connectivity index (χ1) is 17.2. The number of benzene rings is 2. The zero-order valence-corrected chi connectivity index (χ0v) is 21.8. The Kier molecular flexibility index (Phi) is 10.0. The van der Waals surface area contributed by atoms with Crippen molar-refractivity contribution < 1.29 is 33.3 Å². The van der Waals surface area contributed by atoms with Crippen molar-refractivity contribution in [3.8, 4) is 0 Å². The SMILES string of the molecule is CC[C@H]1O[C@@H](CC(C)(C)OC(=O)C(=O)OC)[C@H](OCc2ccccc2)[C@@H](OCc2ccccc2)[C@H]1C. The average molecular weight is 499 g/mol. The normalized spacial score (nSPS) is 24.2. The van der Waals surface area contributed by atoms with E-state index in [0.717, 1.165) is 24.7 Å². The Labute approximate surface area is 214 Å². The molecule has 1 aliphatic heterocycles. The Morgan fingerprint density at radius 3 is 1.86 bits per heavy atom. The summed E-state index contributed by atoms with van der Waals surface area (Å²) in [4.78, 5) is 23.8. The lowest BCUT2D eigenvalue weighted by atomic mass is 9.83. The summed E-state index contributed by atoms with van der Waals surface area (Å²) in [6.45, 7) is 8.56. The van der Waals surface area contributed by atoms with Gasteiger partial charge in [0.1, 0.15) is 11.7 Å². The van der Waals surface area contributed by atoms with E-state index in [1.165, 1.54) is 0 Å². The van der Waals surface area contributed by atoms with Gasteiger partial charge in [0.25, 0.3) is 0 Å². The summed E-state index contributed by atoms with van der Waals surface area (Å²) < 4.78 is 29.5. The quantitative estimate of drug-likeness (QED) is 0.342. The van der Waals surface area contributed by atoms with Crippen LogP contribution in [0, 0.1) is 5.92 Å². The summed E-state index contributed by atoms with van der Waals surface area (Å²) in [7, 11) is 1.15. The minimum absolute atomic E-state index is 0.0561. The molecule has 1 saturated heterocycles. The second kappa shape index (κ2) is 13.0. The fraction of sp³-hybridized carbons (Fsp3) is 0.517. The van der Waals surface area contributed by atoms with Crippen molar-refractivity contribution >= 4 is 11.9 Å². The third kappa shape index (κ3) is 7.63. The number of ether oxygens (including phenoxy) is 5. The van der Waals surface area contributed by atoms with Crippen LogP contribution in [0.4, 0.5) is 0 Å². The van der Waals surface area contributed by atoms with Gasteiger partial charge in [0.15, 0.2) is 0 Å². The van der Waals surface area contributed by atoms with Gasteiger partial charge in [-0.15, -0.1) is 0 Å². The van der Waals surface area contributed by atoms with Gasteiger partial charge in [-0.3, -0.25) is 0 Å². The van der Waals surface area contributed by atoms with E-state index >= 15 is 0 Å². The molecule has 0 N–H and O–H groups in total. The largest absolute Gasteiger partial charge is 0.461 e. The topological polar surface area (TPSA) is 80.3 Å². The Hall–Kier alpha value is -2.74. The highest BCUT2D eigenvalue weighted by Gasteiger charge is 2.47. The van der Waals surface area contributed by atoms with Gasteiger partial charge in [-0.2, -0.15) is 0 Å². The van der Waals surface area contributed by atoms with E-state index in [4.69, 9.17) is 18.9 Å². The Bertz CT molecular complexity index is 960. The molecule has 1 heterocycles. The lowest BCUT2D eigenvalue weighted by Gasteiger charge is -2.47. The summed E-state index contributed by atoms with van der Waals surface area (Å²) in [6, 6.07) is 20.0. The molecule has 1 fully saturated rings. The van der Waals surface area contributed by atoms with Crippen LogP contribution in [-0.2, 0) is 46.5 Å². The number of hydrogen-bond acceptors (Lipinski definition) is 7. The second-order valence-corrected chi connectivity index (χ2v) is 9.85. The number of methoxy groups -OCH3 is 1. The van der Waals surface area contributed by atoms with Crippen molar-refractivity contribution in [3.63, 3.8) is 0 Å². The van der Waals surface area contributed by atoms with Gasteiger partial charge in [-0.25, -0.2) is 9.59 Å². The molecule has 196 valence electrons. The van der Waals surface area contributed by atoms with E-state index in [1.54, 1.807) is 13.8 Å². The summed E-state index contributed by atoms with van der Waals surface area (Å²) in [6.07, 6.45) is -0.0108. The van der Waals surface area contributed by atoms with Crippen LogP contribution in [0.1, 0.15) is 51.7 Å². The summed E-state index contributed by atoms with van der Waals surface area (Å²) in [5.41, 5.74) is 1.13. The van der Waals surface area contributed by atoms with Gasteiger partial charge in [0.05, 0.1) is 38.6 Å². The monoisotopic (exact) mass is 498 g/mol. The van der Waals surface area contributed by atoms with E-state index in [1.807, 2.05) is 60.7 Å². The second-order valence-electron chi connectivity index (χ2n) is 9.85. The first-order valence-electron chi connectivity index (χ1n) is 12.5. The Morgan fingerprint density at radius 2 is 1.36 bits per heavy atom. The zero-order valence-electron chi connectivity index (χ0n) is 21.8. The molecule has 36 heavy (non-hydrogen) atoms. The number of esters is 2. The Balaban J connectivity index is 1.84. The lowest BCUT2D eigenvalue weighted by molar-refractivity contribution is -0.242. The molecular formula is C29H38O7. The minimum Gasteiger partial charge on any atom is -0.461 e. The van der Waals surface area contributed by atoms with Crippen molar-refractivity contribution in [1.82, 2.24) is 0 Å².